The molecule has 0 aliphatic heterocycles. The van der Waals surface area contributed by atoms with Gasteiger partial charge in [0, 0.05) is 12.8 Å². The molecule has 0 rings (SSSR count). The zero-order valence-corrected chi connectivity index (χ0v) is 7.82. The van der Waals surface area contributed by atoms with Gasteiger partial charge in [-0.2, -0.15) is 0 Å². The van der Waals surface area contributed by atoms with Crippen LogP contribution < -0.4 is 5.32 Å². The second kappa shape index (κ2) is 5.95. The number of hydrogen-bond acceptors (Lipinski definition) is 3. The maximum absolute atomic E-state index is 10.8. The van der Waals surface area contributed by atoms with Gasteiger partial charge in [0.2, 0.25) is 5.91 Å². The molecule has 0 saturated heterocycles. The zero-order valence-electron chi connectivity index (χ0n) is 7.82. The number of rotatable bonds is 6. The van der Waals surface area contributed by atoms with E-state index in [2.05, 4.69) is 5.32 Å². The summed E-state index contributed by atoms with van der Waals surface area (Å²) in [5.41, 5.74) is 0. The molecule has 0 aliphatic carbocycles. The first-order chi connectivity index (χ1) is 6.47. The number of amides is 1. The molecule has 0 aliphatic rings. The lowest BCUT2D eigenvalue weighted by atomic mass is 10.1. The predicted molar refractivity (Wildman–Crippen MR) is 46.7 cm³/mol. The van der Waals surface area contributed by atoms with E-state index in [1.165, 1.54) is 0 Å². The number of hydrogen-bond donors (Lipinski definition) is 3. The second-order valence-corrected chi connectivity index (χ2v) is 2.74. The maximum Gasteiger partial charge on any atom is 0.326 e. The summed E-state index contributed by atoms with van der Waals surface area (Å²) >= 11 is 0. The SMILES string of the molecule is CCC(=O)N[C@@H](CCC(=O)O)C(=O)O. The van der Waals surface area contributed by atoms with Crippen LogP contribution in [0.1, 0.15) is 26.2 Å². The predicted octanol–water partition coefficient (Wildman–Crippen LogP) is -0.169. The summed E-state index contributed by atoms with van der Waals surface area (Å²) in [4.78, 5) is 31.6. The van der Waals surface area contributed by atoms with Gasteiger partial charge in [0.05, 0.1) is 0 Å². The molecule has 3 N–H and O–H groups in total. The van der Waals surface area contributed by atoms with Crippen molar-refractivity contribution in [3.05, 3.63) is 0 Å². The molecule has 1 atom stereocenters. The van der Waals surface area contributed by atoms with Crippen LogP contribution in [0.4, 0.5) is 0 Å². The molecule has 6 heteroatoms. The van der Waals surface area contributed by atoms with Gasteiger partial charge in [0.1, 0.15) is 6.04 Å². The molecule has 14 heavy (non-hydrogen) atoms. The smallest absolute Gasteiger partial charge is 0.326 e. The lowest BCUT2D eigenvalue weighted by Gasteiger charge is -2.12. The standard InChI is InChI=1S/C8H13NO5/c1-2-6(10)9-5(8(13)14)3-4-7(11)12/h5H,2-4H2,1H3,(H,9,10)(H,11,12)(H,13,14)/t5-/m0/s1. The summed E-state index contributed by atoms with van der Waals surface area (Å²) in [6.45, 7) is 1.59. The highest BCUT2D eigenvalue weighted by atomic mass is 16.4. The van der Waals surface area contributed by atoms with Gasteiger partial charge >= 0.3 is 11.9 Å². The first kappa shape index (κ1) is 12.4. The molecular weight excluding hydrogens is 190 g/mol. The Kier molecular flexibility index (Phi) is 5.28. The normalized spacial score (nSPS) is 11.8. The molecule has 0 aromatic heterocycles. The van der Waals surface area contributed by atoms with Crippen LogP contribution in [-0.4, -0.2) is 34.1 Å². The lowest BCUT2D eigenvalue weighted by molar-refractivity contribution is -0.143. The van der Waals surface area contributed by atoms with Crippen LogP contribution in [0.15, 0.2) is 0 Å². The number of carboxylic acid groups (broad SMARTS) is 2. The third-order valence-corrected chi connectivity index (χ3v) is 1.60. The Balaban J connectivity index is 4.09. The second-order valence-electron chi connectivity index (χ2n) is 2.74. The van der Waals surface area contributed by atoms with E-state index in [0.29, 0.717) is 0 Å². The van der Waals surface area contributed by atoms with E-state index >= 15 is 0 Å². The highest BCUT2D eigenvalue weighted by molar-refractivity contribution is 5.83. The van der Waals surface area contributed by atoms with E-state index in [0.717, 1.165) is 0 Å². The summed E-state index contributed by atoms with van der Waals surface area (Å²) in [6, 6.07) is -1.11. The fraction of sp³-hybridized carbons (Fsp3) is 0.625. The number of nitrogens with one attached hydrogen (secondary N) is 1. The average Bonchev–Trinajstić information content (AvgIpc) is 2.10. The summed E-state index contributed by atoms with van der Waals surface area (Å²) in [7, 11) is 0. The molecule has 0 radical (unpaired) electrons. The van der Waals surface area contributed by atoms with Gasteiger partial charge in [-0.25, -0.2) is 4.79 Å². The minimum absolute atomic E-state index is 0.101. The first-order valence-corrected chi connectivity index (χ1v) is 4.21. The summed E-state index contributed by atoms with van der Waals surface area (Å²) in [5, 5.41) is 19.2. The van der Waals surface area contributed by atoms with E-state index in [4.69, 9.17) is 10.2 Å². The summed E-state index contributed by atoms with van der Waals surface area (Å²) in [6.07, 6.45) is -0.200. The van der Waals surface area contributed by atoms with Gasteiger partial charge < -0.3 is 15.5 Å². The average molecular weight is 203 g/mol. The Hall–Kier alpha value is -1.59. The molecule has 80 valence electrons. The van der Waals surface area contributed by atoms with Gasteiger partial charge in [-0.05, 0) is 6.42 Å². The lowest BCUT2D eigenvalue weighted by Crippen LogP contribution is -2.40. The number of carbonyl (C=O) groups is 3. The van der Waals surface area contributed by atoms with Crippen LogP contribution in [0, 0.1) is 0 Å². The van der Waals surface area contributed by atoms with Crippen molar-refractivity contribution in [3.63, 3.8) is 0 Å². The monoisotopic (exact) mass is 203 g/mol. The van der Waals surface area contributed by atoms with Crippen LogP contribution in [0.25, 0.3) is 0 Å². The van der Waals surface area contributed by atoms with Crippen LogP contribution in [0.2, 0.25) is 0 Å². The molecule has 1 amide bonds. The van der Waals surface area contributed by atoms with E-state index in [1.807, 2.05) is 0 Å². The van der Waals surface area contributed by atoms with Crippen molar-refractivity contribution >= 4 is 17.8 Å². The first-order valence-electron chi connectivity index (χ1n) is 4.21. The number of aliphatic carboxylic acids is 2. The van der Waals surface area contributed by atoms with Crippen molar-refractivity contribution in [2.75, 3.05) is 0 Å². The Morgan fingerprint density at radius 1 is 1.29 bits per heavy atom. The summed E-state index contributed by atoms with van der Waals surface area (Å²) in [5.74, 6) is -2.70. The highest BCUT2D eigenvalue weighted by Crippen LogP contribution is 1.98. The van der Waals surface area contributed by atoms with E-state index in [-0.39, 0.29) is 19.3 Å². The van der Waals surface area contributed by atoms with Crippen molar-refractivity contribution in [1.82, 2.24) is 5.32 Å². The van der Waals surface area contributed by atoms with Gasteiger partial charge in [0.15, 0.2) is 0 Å². The van der Waals surface area contributed by atoms with Crippen molar-refractivity contribution < 1.29 is 24.6 Å². The molecule has 0 aromatic rings. The Morgan fingerprint density at radius 3 is 2.21 bits per heavy atom. The molecule has 0 fully saturated rings. The largest absolute Gasteiger partial charge is 0.481 e. The van der Waals surface area contributed by atoms with Crippen LogP contribution >= 0.6 is 0 Å². The molecular formula is C8H13NO5. The number of carboxylic acids is 2. The van der Waals surface area contributed by atoms with Gasteiger partial charge in [-0.1, -0.05) is 6.92 Å². The van der Waals surface area contributed by atoms with Crippen LogP contribution in [-0.2, 0) is 14.4 Å². The Labute approximate surface area is 80.9 Å². The molecule has 0 aromatic carbocycles. The van der Waals surface area contributed by atoms with Crippen molar-refractivity contribution in [1.29, 1.82) is 0 Å². The topological polar surface area (TPSA) is 104 Å². The van der Waals surface area contributed by atoms with E-state index < -0.39 is 23.9 Å². The van der Waals surface area contributed by atoms with Crippen LogP contribution in [0.3, 0.4) is 0 Å². The van der Waals surface area contributed by atoms with Gasteiger partial charge in [-0.3, -0.25) is 9.59 Å². The Bertz CT molecular complexity index is 238. The third kappa shape index (κ3) is 5.13. The molecule has 0 bridgehead atoms. The highest BCUT2D eigenvalue weighted by Gasteiger charge is 2.19. The Morgan fingerprint density at radius 2 is 1.86 bits per heavy atom. The molecule has 6 nitrogen and oxygen atoms in total. The van der Waals surface area contributed by atoms with E-state index in [1.54, 1.807) is 6.92 Å². The van der Waals surface area contributed by atoms with Crippen molar-refractivity contribution in [3.8, 4) is 0 Å². The molecule has 0 unspecified atom stereocenters. The van der Waals surface area contributed by atoms with Crippen molar-refractivity contribution in [2.24, 2.45) is 0 Å². The molecule has 0 spiro atoms. The fourth-order valence-electron chi connectivity index (χ4n) is 0.822. The van der Waals surface area contributed by atoms with Crippen LogP contribution in [0.5, 0.6) is 0 Å². The van der Waals surface area contributed by atoms with Crippen molar-refractivity contribution in [2.45, 2.75) is 32.2 Å². The maximum atomic E-state index is 10.8. The minimum Gasteiger partial charge on any atom is -0.481 e. The van der Waals surface area contributed by atoms with Gasteiger partial charge in [-0.15, -0.1) is 0 Å². The third-order valence-electron chi connectivity index (χ3n) is 1.60. The number of carbonyl (C=O) groups excluding carboxylic acids is 1. The minimum atomic E-state index is -1.21. The summed E-state index contributed by atoms with van der Waals surface area (Å²) < 4.78 is 0. The van der Waals surface area contributed by atoms with Gasteiger partial charge in [0.25, 0.3) is 0 Å². The quantitative estimate of drug-likeness (QED) is 0.556. The fourth-order valence-corrected chi connectivity index (χ4v) is 0.822. The van der Waals surface area contributed by atoms with E-state index in [9.17, 15) is 14.4 Å². The zero-order chi connectivity index (χ0) is 11.1. The molecule has 0 saturated carbocycles. The molecule has 0 heterocycles.